The first kappa shape index (κ1) is 25.9. The number of carbonyl (C=O) groups excluding carboxylic acids is 3. The second kappa shape index (κ2) is 11.8. The molecule has 0 saturated carbocycles. The fourth-order valence-corrected chi connectivity index (χ4v) is 5.71. The fraction of sp³-hybridized carbons (Fsp3) is 0.345. The van der Waals surface area contributed by atoms with Crippen molar-refractivity contribution in [1.29, 1.82) is 0 Å². The molecule has 0 spiro atoms. The van der Waals surface area contributed by atoms with Crippen molar-refractivity contribution < 1.29 is 18.8 Å². The fourth-order valence-electron chi connectivity index (χ4n) is 5.09. The van der Waals surface area contributed by atoms with Gasteiger partial charge in [0.05, 0.1) is 10.4 Å². The highest BCUT2D eigenvalue weighted by Gasteiger charge is 2.26. The van der Waals surface area contributed by atoms with Gasteiger partial charge < -0.3 is 20.0 Å². The van der Waals surface area contributed by atoms with Gasteiger partial charge in [-0.1, -0.05) is 12.1 Å². The summed E-state index contributed by atoms with van der Waals surface area (Å²) in [7, 11) is 0. The normalized spacial score (nSPS) is 16.2. The molecule has 0 radical (unpaired) electrons. The quantitative estimate of drug-likeness (QED) is 0.493. The van der Waals surface area contributed by atoms with E-state index in [9.17, 15) is 18.8 Å². The van der Waals surface area contributed by atoms with Crippen molar-refractivity contribution in [2.45, 2.75) is 25.7 Å². The van der Waals surface area contributed by atoms with Gasteiger partial charge in [0, 0.05) is 56.2 Å². The summed E-state index contributed by atoms with van der Waals surface area (Å²) in [5.41, 5.74) is 2.27. The Morgan fingerprint density at radius 1 is 0.763 bits per heavy atom. The van der Waals surface area contributed by atoms with E-state index in [0.717, 1.165) is 44.5 Å². The van der Waals surface area contributed by atoms with E-state index < -0.39 is 5.82 Å². The summed E-state index contributed by atoms with van der Waals surface area (Å²) in [6, 6.07) is 14.9. The Balaban J connectivity index is 1.38. The minimum Gasteiger partial charge on any atom is -0.369 e. The Bertz CT molecular complexity index is 1310. The molecule has 1 aromatic heterocycles. The van der Waals surface area contributed by atoms with Crippen LogP contribution >= 0.6 is 11.3 Å². The largest absolute Gasteiger partial charge is 0.369 e. The van der Waals surface area contributed by atoms with Crippen LogP contribution in [0.1, 0.15) is 56.1 Å². The van der Waals surface area contributed by atoms with Gasteiger partial charge in [0.15, 0.2) is 0 Å². The molecule has 2 saturated heterocycles. The number of thiophene rings is 1. The predicted molar refractivity (Wildman–Crippen MR) is 148 cm³/mol. The van der Waals surface area contributed by atoms with Crippen LogP contribution in [0.25, 0.3) is 0 Å². The van der Waals surface area contributed by atoms with Crippen LogP contribution < -0.4 is 10.2 Å². The van der Waals surface area contributed by atoms with Crippen molar-refractivity contribution in [3.05, 3.63) is 81.8 Å². The molecule has 38 heavy (non-hydrogen) atoms. The van der Waals surface area contributed by atoms with Crippen molar-refractivity contribution in [1.82, 2.24) is 9.80 Å². The highest BCUT2D eigenvalue weighted by Crippen LogP contribution is 2.29. The number of carbonyl (C=O) groups is 3. The van der Waals surface area contributed by atoms with E-state index in [1.165, 1.54) is 23.5 Å². The lowest BCUT2D eigenvalue weighted by molar-refractivity contribution is 0.0723. The molecule has 7 nitrogen and oxygen atoms in total. The number of likely N-dealkylation sites (tertiary alicyclic amines) is 1. The van der Waals surface area contributed by atoms with Crippen molar-refractivity contribution in [3.8, 4) is 0 Å². The SMILES string of the molecule is O=C(Nc1ccc(N2CCCN(C(=O)c3cccc(F)c3)CC2)c(C(=O)N2CCCCC2)c1)c1cccs1. The van der Waals surface area contributed by atoms with E-state index in [2.05, 4.69) is 10.2 Å². The zero-order valence-corrected chi connectivity index (χ0v) is 22.0. The monoisotopic (exact) mass is 534 g/mol. The summed E-state index contributed by atoms with van der Waals surface area (Å²) in [5, 5.41) is 4.78. The molecule has 5 rings (SSSR count). The molecular weight excluding hydrogens is 503 g/mol. The maximum absolute atomic E-state index is 13.7. The first-order valence-electron chi connectivity index (χ1n) is 13.1. The molecule has 3 amide bonds. The van der Waals surface area contributed by atoms with E-state index in [0.29, 0.717) is 47.9 Å². The molecule has 0 unspecified atom stereocenters. The van der Waals surface area contributed by atoms with Gasteiger partial charge in [-0.3, -0.25) is 14.4 Å². The molecule has 0 aliphatic carbocycles. The second-order valence-electron chi connectivity index (χ2n) is 9.66. The molecule has 0 bridgehead atoms. The van der Waals surface area contributed by atoms with Crippen LogP contribution in [0, 0.1) is 5.82 Å². The van der Waals surface area contributed by atoms with Gasteiger partial charge >= 0.3 is 0 Å². The smallest absolute Gasteiger partial charge is 0.265 e. The van der Waals surface area contributed by atoms with Crippen LogP contribution in [0.3, 0.4) is 0 Å². The molecule has 0 atom stereocenters. The number of anilines is 2. The zero-order chi connectivity index (χ0) is 26.5. The third-order valence-corrected chi connectivity index (χ3v) is 7.94. The molecule has 1 N–H and O–H groups in total. The average molecular weight is 535 g/mol. The number of amides is 3. The maximum Gasteiger partial charge on any atom is 0.265 e. The first-order valence-corrected chi connectivity index (χ1v) is 14.0. The van der Waals surface area contributed by atoms with E-state index in [-0.39, 0.29) is 17.7 Å². The first-order chi connectivity index (χ1) is 18.5. The summed E-state index contributed by atoms with van der Waals surface area (Å²) < 4.78 is 13.7. The minimum absolute atomic E-state index is 0.0381. The third-order valence-electron chi connectivity index (χ3n) is 7.07. The summed E-state index contributed by atoms with van der Waals surface area (Å²) >= 11 is 1.36. The number of benzene rings is 2. The zero-order valence-electron chi connectivity index (χ0n) is 21.2. The molecule has 3 heterocycles. The lowest BCUT2D eigenvalue weighted by Crippen LogP contribution is -2.38. The van der Waals surface area contributed by atoms with Crippen molar-refractivity contribution in [2.24, 2.45) is 0 Å². The van der Waals surface area contributed by atoms with Crippen molar-refractivity contribution in [2.75, 3.05) is 49.5 Å². The van der Waals surface area contributed by atoms with Crippen LogP contribution in [-0.2, 0) is 0 Å². The molecule has 2 fully saturated rings. The van der Waals surface area contributed by atoms with E-state index in [1.807, 2.05) is 28.5 Å². The Morgan fingerprint density at radius 2 is 1.55 bits per heavy atom. The van der Waals surface area contributed by atoms with E-state index in [4.69, 9.17) is 0 Å². The van der Waals surface area contributed by atoms with Crippen molar-refractivity contribution in [3.63, 3.8) is 0 Å². The highest BCUT2D eigenvalue weighted by molar-refractivity contribution is 7.12. The van der Waals surface area contributed by atoms with Crippen LogP contribution in [0.4, 0.5) is 15.8 Å². The van der Waals surface area contributed by atoms with Gasteiger partial charge in [0.1, 0.15) is 5.82 Å². The summed E-state index contributed by atoms with van der Waals surface area (Å²) in [4.78, 5) is 45.8. The Morgan fingerprint density at radius 3 is 2.32 bits per heavy atom. The molecule has 2 aliphatic heterocycles. The Labute approximate surface area is 225 Å². The molecule has 2 aromatic carbocycles. The lowest BCUT2D eigenvalue weighted by atomic mass is 10.1. The number of piperidine rings is 1. The van der Waals surface area contributed by atoms with Crippen LogP contribution in [-0.4, -0.2) is 66.8 Å². The number of nitrogens with one attached hydrogen (secondary N) is 1. The van der Waals surface area contributed by atoms with Gasteiger partial charge in [0.2, 0.25) is 0 Å². The van der Waals surface area contributed by atoms with Crippen molar-refractivity contribution >= 4 is 40.4 Å². The van der Waals surface area contributed by atoms with E-state index in [1.54, 1.807) is 29.2 Å². The average Bonchev–Trinajstić information content (AvgIpc) is 3.38. The lowest BCUT2D eigenvalue weighted by Gasteiger charge is -2.30. The number of nitrogens with zero attached hydrogens (tertiary/aromatic N) is 3. The van der Waals surface area contributed by atoms with Gasteiger partial charge in [-0.2, -0.15) is 0 Å². The van der Waals surface area contributed by atoms with Crippen LogP contribution in [0.5, 0.6) is 0 Å². The predicted octanol–water partition coefficient (Wildman–Crippen LogP) is 5.12. The Hall–Kier alpha value is -3.72. The van der Waals surface area contributed by atoms with Gasteiger partial charge in [-0.25, -0.2) is 4.39 Å². The summed E-state index contributed by atoms with van der Waals surface area (Å²) in [6.07, 6.45) is 3.80. The molecular formula is C29H31FN4O3S. The third kappa shape index (κ3) is 5.88. The maximum atomic E-state index is 13.7. The summed E-state index contributed by atoms with van der Waals surface area (Å²) in [6.45, 7) is 3.68. The van der Waals surface area contributed by atoms with Crippen LogP contribution in [0.15, 0.2) is 60.0 Å². The van der Waals surface area contributed by atoms with E-state index >= 15 is 0 Å². The number of hydrogen-bond donors (Lipinski definition) is 1. The molecule has 9 heteroatoms. The number of hydrogen-bond acceptors (Lipinski definition) is 5. The second-order valence-corrected chi connectivity index (χ2v) is 10.6. The standard InChI is InChI=1S/C29H31FN4O3S/c30-22-8-4-7-21(19-22)28(36)34-15-6-14-32(16-17-34)25-11-10-23(31-27(35)26-9-5-18-38-26)20-24(25)29(37)33-12-2-1-3-13-33/h4-5,7-11,18-20H,1-3,6,12-17H2,(H,31,35). The molecule has 2 aliphatic rings. The number of halogens is 1. The Kier molecular flexibility index (Phi) is 8.03. The molecule has 198 valence electrons. The van der Waals surface area contributed by atoms with Crippen LogP contribution in [0.2, 0.25) is 0 Å². The highest BCUT2D eigenvalue weighted by atomic mass is 32.1. The topological polar surface area (TPSA) is 73.0 Å². The van der Waals surface area contributed by atoms with Gasteiger partial charge in [-0.15, -0.1) is 11.3 Å². The van der Waals surface area contributed by atoms with Gasteiger partial charge in [-0.05, 0) is 73.5 Å². The molecule has 3 aromatic rings. The minimum atomic E-state index is -0.431. The summed E-state index contributed by atoms with van der Waals surface area (Å²) in [5.74, 6) is -0.865. The van der Waals surface area contributed by atoms with Gasteiger partial charge in [0.25, 0.3) is 17.7 Å². The number of rotatable bonds is 5.